The highest BCUT2D eigenvalue weighted by molar-refractivity contribution is 5.94. The molecule has 21 heavy (non-hydrogen) atoms. The number of hydrogen-bond donors (Lipinski definition) is 1. The van der Waals surface area contributed by atoms with Crippen molar-refractivity contribution >= 4 is 11.9 Å². The smallest absolute Gasteiger partial charge is 0.309 e. The van der Waals surface area contributed by atoms with E-state index in [1.165, 1.54) is 25.3 Å². The van der Waals surface area contributed by atoms with Crippen LogP contribution in [0.5, 0.6) is 0 Å². The van der Waals surface area contributed by atoms with Crippen molar-refractivity contribution in [2.45, 2.75) is 25.7 Å². The highest BCUT2D eigenvalue weighted by Gasteiger charge is 2.31. The van der Waals surface area contributed by atoms with Crippen molar-refractivity contribution in [2.24, 2.45) is 11.8 Å². The summed E-state index contributed by atoms with van der Waals surface area (Å²) < 4.78 is 17.9. The molecule has 1 saturated carbocycles. The summed E-state index contributed by atoms with van der Waals surface area (Å²) in [6, 6.07) is 5.57. The topological polar surface area (TPSA) is 55.4 Å². The SMILES string of the molecule is COC(=O)C1CCCCC1CNC(=O)c1cccc(F)c1. The summed E-state index contributed by atoms with van der Waals surface area (Å²) in [4.78, 5) is 23.7. The molecule has 1 N–H and O–H groups in total. The first-order chi connectivity index (χ1) is 10.1. The van der Waals surface area contributed by atoms with E-state index in [9.17, 15) is 14.0 Å². The van der Waals surface area contributed by atoms with Crippen molar-refractivity contribution in [3.05, 3.63) is 35.6 Å². The van der Waals surface area contributed by atoms with E-state index in [1.807, 2.05) is 0 Å². The van der Waals surface area contributed by atoms with Gasteiger partial charge in [0.25, 0.3) is 5.91 Å². The summed E-state index contributed by atoms with van der Waals surface area (Å²) >= 11 is 0. The highest BCUT2D eigenvalue weighted by Crippen LogP contribution is 2.30. The molecule has 2 unspecified atom stereocenters. The Morgan fingerprint density at radius 3 is 2.81 bits per heavy atom. The molecule has 1 fully saturated rings. The minimum absolute atomic E-state index is 0.0868. The number of carbonyl (C=O) groups is 2. The fourth-order valence-electron chi connectivity index (χ4n) is 2.87. The van der Waals surface area contributed by atoms with Crippen LogP contribution in [0, 0.1) is 17.7 Å². The standard InChI is InChI=1S/C16H20FNO3/c1-21-16(20)14-8-3-2-5-12(14)10-18-15(19)11-6-4-7-13(17)9-11/h4,6-7,9,12,14H,2-3,5,8,10H2,1H3,(H,18,19). The fraction of sp³-hybridized carbons (Fsp3) is 0.500. The summed E-state index contributed by atoms with van der Waals surface area (Å²) in [6.07, 6.45) is 3.75. The van der Waals surface area contributed by atoms with E-state index in [1.54, 1.807) is 6.07 Å². The second kappa shape index (κ2) is 7.20. The molecule has 0 heterocycles. The zero-order chi connectivity index (χ0) is 15.2. The number of benzene rings is 1. The Hall–Kier alpha value is -1.91. The lowest BCUT2D eigenvalue weighted by atomic mass is 9.79. The van der Waals surface area contributed by atoms with E-state index in [0.29, 0.717) is 12.1 Å². The van der Waals surface area contributed by atoms with Crippen molar-refractivity contribution in [3.8, 4) is 0 Å². The van der Waals surface area contributed by atoms with Gasteiger partial charge in [-0.25, -0.2) is 4.39 Å². The van der Waals surface area contributed by atoms with E-state index in [0.717, 1.165) is 25.7 Å². The number of halogens is 1. The van der Waals surface area contributed by atoms with Crippen molar-refractivity contribution in [1.82, 2.24) is 5.32 Å². The average molecular weight is 293 g/mol. The van der Waals surface area contributed by atoms with Crippen molar-refractivity contribution in [3.63, 3.8) is 0 Å². The number of methoxy groups -OCH3 is 1. The Morgan fingerprint density at radius 2 is 2.10 bits per heavy atom. The van der Waals surface area contributed by atoms with Crippen molar-refractivity contribution in [1.29, 1.82) is 0 Å². The van der Waals surface area contributed by atoms with Crippen LogP contribution in [0.3, 0.4) is 0 Å². The van der Waals surface area contributed by atoms with Gasteiger partial charge in [-0.15, -0.1) is 0 Å². The van der Waals surface area contributed by atoms with Crippen LogP contribution < -0.4 is 5.32 Å². The molecular formula is C16H20FNO3. The van der Waals surface area contributed by atoms with Crippen LogP contribution in [0.15, 0.2) is 24.3 Å². The molecule has 0 radical (unpaired) electrons. The molecule has 0 bridgehead atoms. The Balaban J connectivity index is 1.94. The van der Waals surface area contributed by atoms with E-state index in [2.05, 4.69) is 5.32 Å². The normalized spacial score (nSPS) is 21.6. The first-order valence-electron chi connectivity index (χ1n) is 7.23. The number of ether oxygens (including phenoxy) is 1. The molecule has 2 rings (SSSR count). The monoisotopic (exact) mass is 293 g/mol. The Morgan fingerprint density at radius 1 is 1.33 bits per heavy atom. The van der Waals surface area contributed by atoms with Crippen LogP contribution in [0.2, 0.25) is 0 Å². The molecule has 2 atom stereocenters. The Labute approximate surface area is 123 Å². The van der Waals surface area contributed by atoms with Gasteiger partial charge in [0.05, 0.1) is 13.0 Å². The molecular weight excluding hydrogens is 273 g/mol. The van der Waals surface area contributed by atoms with Crippen LogP contribution in [-0.2, 0) is 9.53 Å². The number of esters is 1. The van der Waals surface area contributed by atoms with E-state index in [-0.39, 0.29) is 23.7 Å². The van der Waals surface area contributed by atoms with Gasteiger partial charge in [0, 0.05) is 12.1 Å². The molecule has 1 aliphatic rings. The van der Waals surface area contributed by atoms with Crippen molar-refractivity contribution < 1.29 is 18.7 Å². The second-order valence-corrected chi connectivity index (χ2v) is 5.39. The lowest BCUT2D eigenvalue weighted by molar-refractivity contribution is -0.148. The molecule has 0 spiro atoms. The van der Waals surface area contributed by atoms with Gasteiger partial charge in [-0.2, -0.15) is 0 Å². The number of rotatable bonds is 4. The van der Waals surface area contributed by atoms with Crippen LogP contribution in [0.25, 0.3) is 0 Å². The number of nitrogens with one attached hydrogen (secondary N) is 1. The summed E-state index contributed by atoms with van der Waals surface area (Å²) in [5, 5.41) is 2.79. The van der Waals surface area contributed by atoms with Gasteiger partial charge >= 0.3 is 5.97 Å². The number of amides is 1. The molecule has 0 aliphatic heterocycles. The lowest BCUT2D eigenvalue weighted by Gasteiger charge is -2.29. The van der Waals surface area contributed by atoms with Gasteiger partial charge in [0.1, 0.15) is 5.82 Å². The minimum atomic E-state index is -0.437. The number of carbonyl (C=O) groups excluding carboxylic acids is 2. The predicted molar refractivity (Wildman–Crippen MR) is 76.2 cm³/mol. The molecule has 5 heteroatoms. The fourth-order valence-corrected chi connectivity index (χ4v) is 2.87. The zero-order valence-electron chi connectivity index (χ0n) is 12.1. The largest absolute Gasteiger partial charge is 0.469 e. The maximum atomic E-state index is 13.1. The predicted octanol–water partition coefficient (Wildman–Crippen LogP) is 2.53. The third-order valence-corrected chi connectivity index (χ3v) is 4.02. The molecule has 0 saturated heterocycles. The molecule has 1 aliphatic carbocycles. The van der Waals surface area contributed by atoms with Gasteiger partial charge in [-0.05, 0) is 37.0 Å². The van der Waals surface area contributed by atoms with E-state index < -0.39 is 5.82 Å². The molecule has 1 aromatic carbocycles. The van der Waals surface area contributed by atoms with Crippen LogP contribution in [0.1, 0.15) is 36.0 Å². The maximum Gasteiger partial charge on any atom is 0.309 e. The van der Waals surface area contributed by atoms with Crippen molar-refractivity contribution in [2.75, 3.05) is 13.7 Å². The third kappa shape index (κ3) is 4.03. The maximum absolute atomic E-state index is 13.1. The molecule has 0 aromatic heterocycles. The number of hydrogen-bond acceptors (Lipinski definition) is 3. The quantitative estimate of drug-likeness (QED) is 0.868. The van der Waals surface area contributed by atoms with Gasteiger partial charge in [0.15, 0.2) is 0 Å². The summed E-state index contributed by atoms with van der Waals surface area (Å²) in [5.41, 5.74) is 0.292. The molecule has 1 amide bonds. The van der Waals surface area contributed by atoms with E-state index >= 15 is 0 Å². The molecule has 114 valence electrons. The first-order valence-corrected chi connectivity index (χ1v) is 7.23. The average Bonchev–Trinajstić information content (AvgIpc) is 2.52. The minimum Gasteiger partial charge on any atom is -0.469 e. The lowest BCUT2D eigenvalue weighted by Crippen LogP contribution is -2.37. The van der Waals surface area contributed by atoms with Gasteiger partial charge in [-0.1, -0.05) is 18.9 Å². The van der Waals surface area contributed by atoms with Gasteiger partial charge in [0.2, 0.25) is 0 Å². The third-order valence-electron chi connectivity index (χ3n) is 4.02. The Kier molecular flexibility index (Phi) is 5.31. The van der Waals surface area contributed by atoms with Crippen LogP contribution >= 0.6 is 0 Å². The van der Waals surface area contributed by atoms with Gasteiger partial charge in [-0.3, -0.25) is 9.59 Å². The van der Waals surface area contributed by atoms with E-state index in [4.69, 9.17) is 4.74 Å². The van der Waals surface area contributed by atoms with Gasteiger partial charge < -0.3 is 10.1 Å². The molecule has 1 aromatic rings. The summed E-state index contributed by atoms with van der Waals surface area (Å²) in [7, 11) is 1.39. The van der Waals surface area contributed by atoms with Crippen LogP contribution in [0.4, 0.5) is 4.39 Å². The highest BCUT2D eigenvalue weighted by atomic mass is 19.1. The Bertz CT molecular complexity index is 518. The summed E-state index contributed by atoms with van der Waals surface area (Å²) in [5.74, 6) is -1.03. The van der Waals surface area contributed by atoms with Crippen LogP contribution in [-0.4, -0.2) is 25.5 Å². The zero-order valence-corrected chi connectivity index (χ0v) is 12.1. The first kappa shape index (κ1) is 15.5. The molecule has 4 nitrogen and oxygen atoms in total. The second-order valence-electron chi connectivity index (χ2n) is 5.39. The summed E-state index contributed by atoms with van der Waals surface area (Å²) in [6.45, 7) is 0.412.